The molecule has 226 valence electrons. The number of rotatable bonds is 8. The summed E-state index contributed by atoms with van der Waals surface area (Å²) in [5, 5.41) is 0.937. The second-order valence-electron chi connectivity index (χ2n) is 12.2. The number of carbonyl (C=O) groups is 2. The molecule has 0 unspecified atom stereocenters. The monoisotopic (exact) mass is 600 g/mol. The van der Waals surface area contributed by atoms with E-state index in [1.807, 2.05) is 12.1 Å². The first-order valence-corrected chi connectivity index (χ1v) is 16.1. The Kier molecular flexibility index (Phi) is 8.42. The Morgan fingerprint density at radius 3 is 2.48 bits per heavy atom. The lowest BCUT2D eigenvalue weighted by atomic mass is 9.88. The average Bonchev–Trinajstić information content (AvgIpc) is 2.94. The van der Waals surface area contributed by atoms with Gasteiger partial charge in [-0.3, -0.25) is 23.9 Å². The lowest BCUT2D eigenvalue weighted by Crippen LogP contribution is -2.55. The number of amides is 1. The van der Waals surface area contributed by atoms with Crippen molar-refractivity contribution >= 4 is 23.6 Å². The third-order valence-electron chi connectivity index (χ3n) is 8.96. The van der Waals surface area contributed by atoms with Crippen molar-refractivity contribution in [2.24, 2.45) is 5.92 Å². The van der Waals surface area contributed by atoms with E-state index in [4.69, 9.17) is 9.72 Å². The van der Waals surface area contributed by atoms with Crippen LogP contribution in [-0.2, 0) is 29.1 Å². The summed E-state index contributed by atoms with van der Waals surface area (Å²) in [5.74, 6) is -2.61. The van der Waals surface area contributed by atoms with Crippen molar-refractivity contribution in [3.05, 3.63) is 51.4 Å². The number of halogens is 2. The topological polar surface area (TPSA) is 84.7 Å². The fourth-order valence-corrected chi connectivity index (χ4v) is 7.82. The minimum atomic E-state index is -2.74. The molecule has 0 radical (unpaired) electrons. The van der Waals surface area contributed by atoms with E-state index in [-0.39, 0.29) is 42.7 Å². The maximum absolute atomic E-state index is 13.9. The summed E-state index contributed by atoms with van der Waals surface area (Å²) in [7, 11) is 0. The molecule has 6 rings (SSSR count). The van der Waals surface area contributed by atoms with E-state index < -0.39 is 12.0 Å². The highest BCUT2D eigenvalue weighted by atomic mass is 32.2. The molecule has 2 saturated carbocycles. The molecule has 1 amide bonds. The fourth-order valence-electron chi connectivity index (χ4n) is 6.44. The number of esters is 1. The van der Waals surface area contributed by atoms with Crippen molar-refractivity contribution in [3.63, 3.8) is 0 Å². The van der Waals surface area contributed by atoms with Gasteiger partial charge in [0, 0.05) is 57.1 Å². The summed E-state index contributed by atoms with van der Waals surface area (Å²) in [6, 6.07) is 6.86. The molecule has 1 aromatic heterocycles. The number of benzene rings is 1. The molecule has 2 aliphatic carbocycles. The molecule has 2 aromatic rings. The van der Waals surface area contributed by atoms with Crippen molar-refractivity contribution in [1.29, 1.82) is 0 Å². The Morgan fingerprint density at radius 1 is 1.10 bits per heavy atom. The van der Waals surface area contributed by atoms with Gasteiger partial charge in [0.05, 0.1) is 29.8 Å². The first kappa shape index (κ1) is 29.3. The average molecular weight is 601 g/mol. The summed E-state index contributed by atoms with van der Waals surface area (Å²) in [6.45, 7) is 4.39. The van der Waals surface area contributed by atoms with Gasteiger partial charge < -0.3 is 9.64 Å². The van der Waals surface area contributed by atoms with Crippen LogP contribution in [-0.4, -0.2) is 62.0 Å². The zero-order valence-electron chi connectivity index (χ0n) is 24.0. The smallest absolute Gasteiger partial charge is 0.310 e. The maximum atomic E-state index is 13.9. The van der Waals surface area contributed by atoms with Gasteiger partial charge in [-0.15, -0.1) is 0 Å². The Bertz CT molecular complexity index is 1380. The predicted octanol–water partition coefficient (Wildman–Crippen LogP) is 4.97. The third-order valence-corrected chi connectivity index (χ3v) is 10.3. The summed E-state index contributed by atoms with van der Waals surface area (Å²) < 4.78 is 34.5. The number of alkyl halides is 2. The molecule has 3 heterocycles. The Hall–Kier alpha value is -2.79. The van der Waals surface area contributed by atoms with Crippen molar-refractivity contribution < 1.29 is 23.1 Å². The van der Waals surface area contributed by atoms with E-state index in [0.29, 0.717) is 66.4 Å². The van der Waals surface area contributed by atoms with E-state index in [9.17, 15) is 23.2 Å². The van der Waals surface area contributed by atoms with E-state index in [1.54, 1.807) is 35.7 Å². The molecule has 0 bridgehead atoms. The SMILES string of the molecule is CCC(=O)Oc1ccc(CN2CC(C(=O)N3CCc4nc(SC5CCCCC5)n(C5CC(F)(F)C5)c(=O)c4C3)C2)cc1. The van der Waals surface area contributed by atoms with Gasteiger partial charge in [-0.1, -0.05) is 50.1 Å². The van der Waals surface area contributed by atoms with Gasteiger partial charge in [-0.2, -0.15) is 0 Å². The quantitative estimate of drug-likeness (QED) is 0.240. The number of nitrogens with zero attached hydrogens (tertiary/aromatic N) is 4. The molecule has 42 heavy (non-hydrogen) atoms. The van der Waals surface area contributed by atoms with Gasteiger partial charge in [0.15, 0.2) is 5.16 Å². The number of fused-ring (bicyclic) bond motifs is 1. The van der Waals surface area contributed by atoms with Crippen LogP contribution < -0.4 is 10.3 Å². The second kappa shape index (κ2) is 12.1. The maximum Gasteiger partial charge on any atom is 0.310 e. The van der Waals surface area contributed by atoms with Gasteiger partial charge in [0.25, 0.3) is 11.5 Å². The molecule has 8 nitrogen and oxygen atoms in total. The van der Waals surface area contributed by atoms with Crippen LogP contribution in [0.2, 0.25) is 0 Å². The molecular weight excluding hydrogens is 562 g/mol. The molecule has 1 saturated heterocycles. The number of thioether (sulfide) groups is 1. The van der Waals surface area contributed by atoms with Crippen LogP contribution >= 0.6 is 11.8 Å². The summed E-state index contributed by atoms with van der Waals surface area (Å²) >= 11 is 1.58. The zero-order valence-corrected chi connectivity index (χ0v) is 24.8. The van der Waals surface area contributed by atoms with Crippen LogP contribution in [0.3, 0.4) is 0 Å². The molecule has 0 atom stereocenters. The molecular formula is C31H38F2N4O4S. The summed E-state index contributed by atoms with van der Waals surface area (Å²) in [6.07, 6.45) is 5.76. The highest BCUT2D eigenvalue weighted by Gasteiger charge is 2.48. The van der Waals surface area contributed by atoms with E-state index in [0.717, 1.165) is 31.2 Å². The molecule has 1 aromatic carbocycles. The van der Waals surface area contributed by atoms with Crippen LogP contribution in [0.25, 0.3) is 0 Å². The fraction of sp³-hybridized carbons (Fsp3) is 0.613. The first-order valence-electron chi connectivity index (χ1n) is 15.2. The van der Waals surface area contributed by atoms with Crippen LogP contribution in [0.15, 0.2) is 34.2 Å². The molecule has 11 heteroatoms. The van der Waals surface area contributed by atoms with Gasteiger partial charge in [0.1, 0.15) is 5.75 Å². The zero-order chi connectivity index (χ0) is 29.4. The number of hydrogen-bond acceptors (Lipinski definition) is 7. The van der Waals surface area contributed by atoms with E-state index in [1.165, 1.54) is 11.0 Å². The Labute approximate surface area is 248 Å². The molecule has 0 spiro atoms. The lowest BCUT2D eigenvalue weighted by molar-refractivity contribution is -0.142. The lowest BCUT2D eigenvalue weighted by Gasteiger charge is -2.42. The van der Waals surface area contributed by atoms with Crippen molar-refractivity contribution in [2.75, 3.05) is 19.6 Å². The summed E-state index contributed by atoms with van der Waals surface area (Å²) in [4.78, 5) is 47.5. The number of carbonyl (C=O) groups excluding carboxylic acids is 2. The highest BCUT2D eigenvalue weighted by Crippen LogP contribution is 2.46. The second-order valence-corrected chi connectivity index (χ2v) is 13.4. The van der Waals surface area contributed by atoms with Gasteiger partial charge in [-0.25, -0.2) is 13.8 Å². The van der Waals surface area contributed by atoms with Crippen LogP contribution in [0.4, 0.5) is 8.78 Å². The van der Waals surface area contributed by atoms with Crippen LogP contribution in [0, 0.1) is 5.92 Å². The largest absolute Gasteiger partial charge is 0.427 e. The summed E-state index contributed by atoms with van der Waals surface area (Å²) in [5.41, 5.74) is 2.02. The Morgan fingerprint density at radius 2 is 1.81 bits per heavy atom. The number of hydrogen-bond donors (Lipinski definition) is 0. The van der Waals surface area contributed by atoms with Gasteiger partial charge >= 0.3 is 5.97 Å². The predicted molar refractivity (Wildman–Crippen MR) is 155 cm³/mol. The van der Waals surface area contributed by atoms with E-state index in [2.05, 4.69) is 4.90 Å². The van der Waals surface area contributed by atoms with E-state index >= 15 is 0 Å². The highest BCUT2D eigenvalue weighted by molar-refractivity contribution is 7.99. The van der Waals surface area contributed by atoms with Crippen LogP contribution in [0.1, 0.15) is 81.2 Å². The molecule has 4 aliphatic rings. The third kappa shape index (κ3) is 6.27. The standard InChI is InChI=1S/C31H38F2N4O4S/c1-2-27(38)41-23-10-8-20(9-11-23)16-35-17-21(18-35)28(39)36-13-12-26-25(19-36)29(40)37(22-14-31(32,33)15-22)30(34-26)42-24-6-4-3-5-7-24/h8-11,21-22,24H,2-7,12-19H2,1H3. The van der Waals surface area contributed by atoms with Crippen molar-refractivity contribution in [3.8, 4) is 5.75 Å². The molecule has 3 fully saturated rings. The van der Waals surface area contributed by atoms with Crippen molar-refractivity contribution in [2.45, 2.75) is 100 Å². The van der Waals surface area contributed by atoms with Gasteiger partial charge in [0.2, 0.25) is 5.91 Å². The first-order chi connectivity index (χ1) is 20.2. The number of aromatic nitrogens is 2. The minimum absolute atomic E-state index is 0.0283. The number of ether oxygens (including phenoxy) is 1. The minimum Gasteiger partial charge on any atom is -0.427 e. The number of likely N-dealkylation sites (tertiary alicyclic amines) is 1. The molecule has 0 N–H and O–H groups in total. The van der Waals surface area contributed by atoms with Gasteiger partial charge in [-0.05, 0) is 30.5 Å². The Balaban J connectivity index is 1.10. The van der Waals surface area contributed by atoms with Crippen LogP contribution in [0.5, 0.6) is 5.75 Å². The normalized spacial score (nSPS) is 21.4. The van der Waals surface area contributed by atoms with Crippen molar-refractivity contribution in [1.82, 2.24) is 19.4 Å². The molecule has 2 aliphatic heterocycles.